The minimum Gasteiger partial charge on any atom is -0.376 e. The van der Waals surface area contributed by atoms with Gasteiger partial charge in [0.2, 0.25) is 11.1 Å². The predicted octanol–water partition coefficient (Wildman–Crippen LogP) is 2.29. The van der Waals surface area contributed by atoms with Crippen molar-refractivity contribution in [2.45, 2.75) is 56.3 Å². The number of tetrazole rings is 1. The highest BCUT2D eigenvalue weighted by Crippen LogP contribution is 2.27. The lowest BCUT2D eigenvalue weighted by atomic mass is 10.1. The topological polar surface area (TPSA) is 81.9 Å². The van der Waals surface area contributed by atoms with E-state index in [1.807, 2.05) is 44.2 Å². The minimum atomic E-state index is -0.257. The van der Waals surface area contributed by atoms with Crippen LogP contribution in [-0.2, 0) is 22.6 Å². The third-order valence-corrected chi connectivity index (χ3v) is 5.82. The Balaban J connectivity index is 1.61. The van der Waals surface area contributed by atoms with Crippen LogP contribution in [0.25, 0.3) is 0 Å². The van der Waals surface area contributed by atoms with Crippen LogP contribution in [0.5, 0.6) is 0 Å². The molecule has 0 bridgehead atoms. The van der Waals surface area contributed by atoms with Crippen LogP contribution >= 0.6 is 11.8 Å². The van der Waals surface area contributed by atoms with Crippen LogP contribution in [0.2, 0.25) is 0 Å². The smallest absolute Gasteiger partial charge is 0.234 e. The number of aromatic nitrogens is 4. The van der Waals surface area contributed by atoms with E-state index in [0.29, 0.717) is 18.2 Å². The maximum absolute atomic E-state index is 12.7. The van der Waals surface area contributed by atoms with E-state index in [2.05, 4.69) is 20.8 Å². The summed E-state index contributed by atoms with van der Waals surface area (Å²) in [4.78, 5) is 12.7. The zero-order chi connectivity index (χ0) is 18.4. The van der Waals surface area contributed by atoms with Crippen molar-refractivity contribution >= 4 is 17.7 Å². The number of amides is 1. The zero-order valence-electron chi connectivity index (χ0n) is 15.2. The van der Waals surface area contributed by atoms with E-state index in [4.69, 9.17) is 4.74 Å². The molecule has 1 aromatic carbocycles. The standard InChI is InChI=1S/C18H25N5O2S/c1-13(2)16(17(24)19-11-14-7-4-3-5-8-14)26-18-20-21-22-23(18)12-15-9-6-10-25-15/h3-5,7-8,13,15-16H,6,9-12H2,1-2H3,(H,19,24)/t15-,16-/m0/s1. The summed E-state index contributed by atoms with van der Waals surface area (Å²) in [5.74, 6) is 0.157. The average Bonchev–Trinajstić information content (AvgIpc) is 3.31. The van der Waals surface area contributed by atoms with Crippen LogP contribution in [0.15, 0.2) is 35.5 Å². The molecule has 0 unspecified atom stereocenters. The number of nitrogens with zero attached hydrogens (tertiary/aromatic N) is 4. The van der Waals surface area contributed by atoms with Gasteiger partial charge in [0.05, 0.1) is 17.9 Å². The number of carbonyl (C=O) groups excluding carboxylic acids is 1. The summed E-state index contributed by atoms with van der Waals surface area (Å²) in [5.41, 5.74) is 1.08. The van der Waals surface area contributed by atoms with Crippen LogP contribution in [0, 0.1) is 5.92 Å². The summed E-state index contributed by atoms with van der Waals surface area (Å²) < 4.78 is 7.41. The molecule has 1 aliphatic heterocycles. The molecule has 0 radical (unpaired) electrons. The Bertz CT molecular complexity index is 701. The first-order chi connectivity index (χ1) is 12.6. The molecule has 1 saturated heterocycles. The molecule has 8 heteroatoms. The number of hydrogen-bond donors (Lipinski definition) is 1. The second kappa shape index (κ2) is 9.14. The molecule has 1 N–H and O–H groups in total. The van der Waals surface area contributed by atoms with E-state index in [-0.39, 0.29) is 23.2 Å². The van der Waals surface area contributed by atoms with Crippen LogP contribution in [0.3, 0.4) is 0 Å². The second-order valence-corrected chi connectivity index (χ2v) is 7.87. The summed E-state index contributed by atoms with van der Waals surface area (Å²) in [6, 6.07) is 9.90. The molecule has 1 aromatic heterocycles. The van der Waals surface area contributed by atoms with Gasteiger partial charge in [0.1, 0.15) is 0 Å². The van der Waals surface area contributed by atoms with Crippen LogP contribution < -0.4 is 5.32 Å². The maximum atomic E-state index is 12.7. The maximum Gasteiger partial charge on any atom is 0.234 e. The van der Waals surface area contributed by atoms with Gasteiger partial charge < -0.3 is 10.1 Å². The molecule has 26 heavy (non-hydrogen) atoms. The van der Waals surface area contributed by atoms with Crippen molar-refractivity contribution in [2.24, 2.45) is 5.92 Å². The predicted molar refractivity (Wildman–Crippen MR) is 99.6 cm³/mol. The van der Waals surface area contributed by atoms with Crippen molar-refractivity contribution in [3.8, 4) is 0 Å². The fourth-order valence-electron chi connectivity index (χ4n) is 2.87. The molecule has 140 valence electrons. The van der Waals surface area contributed by atoms with Gasteiger partial charge in [-0.3, -0.25) is 4.79 Å². The minimum absolute atomic E-state index is 0.000481. The number of carbonyl (C=O) groups is 1. The second-order valence-electron chi connectivity index (χ2n) is 6.76. The molecule has 0 aliphatic carbocycles. The Kier molecular flexibility index (Phi) is 6.62. The van der Waals surface area contributed by atoms with E-state index < -0.39 is 0 Å². The van der Waals surface area contributed by atoms with Crippen LogP contribution in [0.4, 0.5) is 0 Å². The fourth-order valence-corrected chi connectivity index (χ4v) is 3.87. The van der Waals surface area contributed by atoms with Crippen molar-refractivity contribution < 1.29 is 9.53 Å². The van der Waals surface area contributed by atoms with Gasteiger partial charge in [-0.05, 0) is 34.7 Å². The third-order valence-electron chi connectivity index (χ3n) is 4.31. The SMILES string of the molecule is CC(C)[C@H](Sc1nnnn1C[C@@H]1CCCO1)C(=O)NCc1ccccc1. The first-order valence-corrected chi connectivity index (χ1v) is 9.87. The largest absolute Gasteiger partial charge is 0.376 e. The van der Waals surface area contributed by atoms with Gasteiger partial charge in [-0.1, -0.05) is 55.9 Å². The van der Waals surface area contributed by atoms with Crippen molar-refractivity contribution in [3.05, 3.63) is 35.9 Å². The molecule has 2 atom stereocenters. The molecular weight excluding hydrogens is 350 g/mol. The molecule has 2 aromatic rings. The number of benzene rings is 1. The highest BCUT2D eigenvalue weighted by molar-refractivity contribution is 8.00. The Hall–Kier alpha value is -1.93. The Morgan fingerprint density at radius 1 is 1.38 bits per heavy atom. The van der Waals surface area contributed by atoms with Crippen LogP contribution in [-0.4, -0.2) is 44.1 Å². The lowest BCUT2D eigenvalue weighted by molar-refractivity contribution is -0.121. The monoisotopic (exact) mass is 375 g/mol. The Labute approximate surface area is 157 Å². The molecule has 1 aliphatic rings. The molecule has 7 nitrogen and oxygen atoms in total. The summed E-state index contributed by atoms with van der Waals surface area (Å²) in [5, 5.41) is 15.4. The lowest BCUT2D eigenvalue weighted by Crippen LogP contribution is -2.35. The van der Waals surface area contributed by atoms with E-state index >= 15 is 0 Å². The highest BCUT2D eigenvalue weighted by atomic mass is 32.2. The summed E-state index contributed by atoms with van der Waals surface area (Å²) >= 11 is 1.42. The lowest BCUT2D eigenvalue weighted by Gasteiger charge is -2.19. The van der Waals surface area contributed by atoms with E-state index in [9.17, 15) is 4.79 Å². The first kappa shape index (κ1) is 18.8. The van der Waals surface area contributed by atoms with E-state index in [0.717, 1.165) is 25.0 Å². The molecule has 1 fully saturated rings. The number of nitrogens with one attached hydrogen (secondary N) is 1. The van der Waals surface area contributed by atoms with Gasteiger partial charge in [0.25, 0.3) is 0 Å². The van der Waals surface area contributed by atoms with Crippen molar-refractivity contribution in [2.75, 3.05) is 6.61 Å². The summed E-state index contributed by atoms with van der Waals surface area (Å²) in [6.07, 6.45) is 2.25. The van der Waals surface area contributed by atoms with Crippen LogP contribution in [0.1, 0.15) is 32.3 Å². The molecular formula is C18H25N5O2S. The number of hydrogen-bond acceptors (Lipinski definition) is 6. The summed E-state index contributed by atoms with van der Waals surface area (Å²) in [7, 11) is 0. The van der Waals surface area contributed by atoms with E-state index in [1.54, 1.807) is 4.68 Å². The normalized spacial score (nSPS) is 18.2. The highest BCUT2D eigenvalue weighted by Gasteiger charge is 2.27. The fraction of sp³-hybridized carbons (Fsp3) is 0.556. The third kappa shape index (κ3) is 5.04. The van der Waals surface area contributed by atoms with Gasteiger partial charge in [0.15, 0.2) is 0 Å². The van der Waals surface area contributed by atoms with Gasteiger partial charge in [-0.15, -0.1) is 5.10 Å². The Morgan fingerprint density at radius 3 is 2.88 bits per heavy atom. The zero-order valence-corrected chi connectivity index (χ0v) is 16.0. The molecule has 1 amide bonds. The summed E-state index contributed by atoms with van der Waals surface area (Å²) in [6.45, 7) is 6.02. The number of rotatable bonds is 8. The van der Waals surface area contributed by atoms with Crippen molar-refractivity contribution in [1.29, 1.82) is 0 Å². The van der Waals surface area contributed by atoms with Gasteiger partial charge >= 0.3 is 0 Å². The molecule has 0 spiro atoms. The number of ether oxygens (including phenoxy) is 1. The van der Waals surface area contributed by atoms with Gasteiger partial charge in [0, 0.05) is 13.2 Å². The number of thioether (sulfide) groups is 1. The molecule has 2 heterocycles. The first-order valence-electron chi connectivity index (χ1n) is 8.99. The molecule has 0 saturated carbocycles. The Morgan fingerprint density at radius 2 is 2.19 bits per heavy atom. The molecule has 3 rings (SSSR count). The quantitative estimate of drug-likeness (QED) is 0.713. The van der Waals surface area contributed by atoms with Gasteiger partial charge in [-0.2, -0.15) is 0 Å². The average molecular weight is 375 g/mol. The van der Waals surface area contributed by atoms with E-state index in [1.165, 1.54) is 11.8 Å². The van der Waals surface area contributed by atoms with Gasteiger partial charge in [-0.25, -0.2) is 4.68 Å². The van der Waals surface area contributed by atoms with Crippen molar-refractivity contribution in [3.63, 3.8) is 0 Å². The van der Waals surface area contributed by atoms with Crippen molar-refractivity contribution in [1.82, 2.24) is 25.5 Å².